The van der Waals surface area contributed by atoms with Crippen LogP contribution in [0.15, 0.2) is 103 Å². The predicted molar refractivity (Wildman–Crippen MR) is 243 cm³/mol. The van der Waals surface area contributed by atoms with Crippen molar-refractivity contribution in [2.75, 3.05) is 26.4 Å². The highest BCUT2D eigenvalue weighted by Gasteiger charge is 2.44. The molecule has 3 atom stereocenters. The third-order valence-electron chi connectivity index (χ3n) is 11.5. The Labute approximate surface area is 375 Å². The van der Waals surface area contributed by atoms with Gasteiger partial charge in [0, 0.05) is 61.2 Å². The van der Waals surface area contributed by atoms with E-state index in [1.165, 1.54) is 4.90 Å². The number of aryl methyl sites for hydroxylation is 2. The zero-order valence-electron chi connectivity index (χ0n) is 36.2. The molecule has 0 radical (unpaired) electrons. The second-order valence-electron chi connectivity index (χ2n) is 17.2. The van der Waals surface area contributed by atoms with Crippen LogP contribution in [0.3, 0.4) is 0 Å². The first-order valence-electron chi connectivity index (χ1n) is 21.3. The molecule has 330 valence electrons. The van der Waals surface area contributed by atoms with Gasteiger partial charge in [-0.05, 0) is 77.4 Å². The number of ether oxygens (including phenoxy) is 2. The SMILES string of the molecule is Cc1ncsc1-c1ccc(CNC(=O)[C@@H]2C[C@@H](O)CN2C(=O)[C@@H](NC(=O)COCCOc2ccc(-n3cc(-c4ccc5c(c4)CCC5=O)c(-c4ccncc4)n3)cc2)C(C)(C)C)cc1. The Morgan fingerprint density at radius 3 is 2.39 bits per heavy atom. The smallest absolute Gasteiger partial charge is 0.246 e. The molecule has 1 saturated heterocycles. The normalized spacial score (nSPS) is 16.4. The molecule has 14 nitrogen and oxygen atoms in total. The number of ketones is 1. The average molecular weight is 882 g/mol. The standard InChI is InChI=1S/C49H51N7O7S/c1-30-45(64-29-52-30)33-7-5-31(6-8-33)25-51-47(60)41-24-37(57)26-55(41)48(61)46(49(2,3)4)53-43(59)28-62-21-22-63-38-13-11-36(12-14-38)56-27-40(44(54-56)32-17-19-50-20-18-32)35-9-15-39-34(23-35)10-16-42(39)58/h5-9,11-15,17-20,23,27,29,37,41,46,57H,10,16,21-22,24-26,28H2,1-4H3,(H,51,60)(H,53,59)/t37-,41+,46-/m1/s1. The van der Waals surface area contributed by atoms with E-state index in [0.717, 1.165) is 67.3 Å². The molecule has 1 aliphatic carbocycles. The van der Waals surface area contributed by atoms with Crippen LogP contribution in [0.5, 0.6) is 5.75 Å². The number of likely N-dealkylation sites (tertiary alicyclic amines) is 1. The molecule has 4 heterocycles. The number of aliphatic hydroxyl groups excluding tert-OH is 1. The lowest BCUT2D eigenvalue weighted by Gasteiger charge is -2.35. The number of β-amino-alcohol motifs (C(OH)–C–C–N with tert-alkyl or cyclic N) is 1. The van der Waals surface area contributed by atoms with Gasteiger partial charge in [0.2, 0.25) is 17.7 Å². The molecular weight excluding hydrogens is 831 g/mol. The number of hydrogen-bond donors (Lipinski definition) is 3. The molecule has 15 heteroatoms. The first-order chi connectivity index (χ1) is 30.8. The van der Waals surface area contributed by atoms with Gasteiger partial charge in [-0.25, -0.2) is 9.67 Å². The number of carbonyl (C=O) groups excluding carboxylic acids is 4. The predicted octanol–water partition coefficient (Wildman–Crippen LogP) is 6.37. The van der Waals surface area contributed by atoms with E-state index in [-0.39, 0.29) is 51.0 Å². The van der Waals surface area contributed by atoms with Crippen molar-refractivity contribution >= 4 is 34.8 Å². The van der Waals surface area contributed by atoms with Crippen molar-refractivity contribution in [1.82, 2.24) is 35.3 Å². The van der Waals surface area contributed by atoms with E-state index in [4.69, 9.17) is 14.6 Å². The number of pyridine rings is 1. The Morgan fingerprint density at radius 2 is 1.67 bits per heavy atom. The summed E-state index contributed by atoms with van der Waals surface area (Å²) in [6, 6.07) is 23.3. The van der Waals surface area contributed by atoms with Crippen molar-refractivity contribution in [2.45, 2.75) is 71.7 Å². The summed E-state index contributed by atoms with van der Waals surface area (Å²) in [5.41, 5.74) is 10.3. The van der Waals surface area contributed by atoms with Crippen LogP contribution in [-0.2, 0) is 32.1 Å². The average Bonchev–Trinajstić information content (AvgIpc) is 4.11. The minimum Gasteiger partial charge on any atom is -0.491 e. The van der Waals surface area contributed by atoms with Gasteiger partial charge in [0.25, 0.3) is 0 Å². The second-order valence-corrected chi connectivity index (χ2v) is 18.1. The molecule has 8 rings (SSSR count). The summed E-state index contributed by atoms with van der Waals surface area (Å²) < 4.78 is 13.4. The summed E-state index contributed by atoms with van der Waals surface area (Å²) in [4.78, 5) is 63.8. The van der Waals surface area contributed by atoms with Gasteiger partial charge in [-0.2, -0.15) is 5.10 Å². The van der Waals surface area contributed by atoms with Crippen LogP contribution in [0.25, 0.3) is 38.5 Å². The number of amides is 3. The number of Topliss-reactive ketones (excluding diaryl/α,β-unsaturated/α-hetero) is 1. The number of thiazole rings is 1. The van der Waals surface area contributed by atoms with Crippen LogP contribution in [0.1, 0.15) is 60.8 Å². The summed E-state index contributed by atoms with van der Waals surface area (Å²) in [6.45, 7) is 7.67. The van der Waals surface area contributed by atoms with Gasteiger partial charge < -0.3 is 30.1 Å². The molecule has 0 saturated carbocycles. The number of hydrogen-bond acceptors (Lipinski definition) is 11. The fourth-order valence-corrected chi connectivity index (χ4v) is 8.94. The molecule has 64 heavy (non-hydrogen) atoms. The Hall–Kier alpha value is -6.55. The van der Waals surface area contributed by atoms with Crippen molar-refractivity contribution in [3.63, 3.8) is 0 Å². The fourth-order valence-electron chi connectivity index (χ4n) is 8.12. The molecule has 0 unspecified atom stereocenters. The van der Waals surface area contributed by atoms with Crippen LogP contribution in [0.2, 0.25) is 0 Å². The fraction of sp³-hybridized carbons (Fsp3) is 0.327. The number of carbonyl (C=O) groups is 4. The van der Waals surface area contributed by atoms with E-state index in [9.17, 15) is 24.3 Å². The third kappa shape index (κ3) is 9.96. The Kier molecular flexibility index (Phi) is 13.1. The van der Waals surface area contributed by atoms with Crippen LogP contribution in [0.4, 0.5) is 0 Å². The highest BCUT2D eigenvalue weighted by Crippen LogP contribution is 2.35. The second kappa shape index (κ2) is 19.1. The van der Waals surface area contributed by atoms with Crippen LogP contribution < -0.4 is 15.4 Å². The molecule has 0 bridgehead atoms. The number of aliphatic hydroxyl groups is 1. The summed E-state index contributed by atoms with van der Waals surface area (Å²) in [5, 5.41) is 21.3. The monoisotopic (exact) mass is 881 g/mol. The minimum atomic E-state index is -0.979. The van der Waals surface area contributed by atoms with Gasteiger partial charge in [-0.15, -0.1) is 11.3 Å². The maximum Gasteiger partial charge on any atom is 0.246 e. The van der Waals surface area contributed by atoms with Gasteiger partial charge in [0.15, 0.2) is 5.78 Å². The van der Waals surface area contributed by atoms with Crippen molar-refractivity contribution in [1.29, 1.82) is 0 Å². The van der Waals surface area contributed by atoms with E-state index in [1.807, 2.05) is 117 Å². The lowest BCUT2D eigenvalue weighted by Crippen LogP contribution is -2.58. The third-order valence-corrected chi connectivity index (χ3v) is 12.5. The van der Waals surface area contributed by atoms with Gasteiger partial charge in [-0.1, -0.05) is 63.2 Å². The Bertz CT molecular complexity index is 2640. The highest BCUT2D eigenvalue weighted by atomic mass is 32.1. The van der Waals surface area contributed by atoms with Crippen molar-refractivity contribution in [2.24, 2.45) is 5.41 Å². The summed E-state index contributed by atoms with van der Waals surface area (Å²) >= 11 is 1.57. The lowest BCUT2D eigenvalue weighted by atomic mass is 9.85. The van der Waals surface area contributed by atoms with Gasteiger partial charge in [0.1, 0.15) is 36.7 Å². The quantitative estimate of drug-likeness (QED) is 0.0983. The lowest BCUT2D eigenvalue weighted by molar-refractivity contribution is -0.144. The zero-order chi connectivity index (χ0) is 45.0. The van der Waals surface area contributed by atoms with Crippen molar-refractivity contribution in [3.8, 4) is 44.3 Å². The molecular formula is C49H51N7O7S. The summed E-state index contributed by atoms with van der Waals surface area (Å²) in [6.07, 6.45) is 5.94. The molecule has 1 aliphatic heterocycles. The number of aromatic nitrogens is 4. The number of nitrogens with zero attached hydrogens (tertiary/aromatic N) is 5. The van der Waals surface area contributed by atoms with E-state index in [1.54, 1.807) is 23.7 Å². The molecule has 1 fully saturated rings. The van der Waals surface area contributed by atoms with E-state index in [2.05, 4.69) is 26.7 Å². The van der Waals surface area contributed by atoms with Crippen molar-refractivity contribution in [3.05, 3.63) is 125 Å². The molecule has 3 amide bonds. The minimum absolute atomic E-state index is 0.0219. The van der Waals surface area contributed by atoms with Crippen LogP contribution >= 0.6 is 11.3 Å². The molecule has 3 aromatic carbocycles. The summed E-state index contributed by atoms with van der Waals surface area (Å²) in [7, 11) is 0. The number of nitrogens with one attached hydrogen (secondary N) is 2. The van der Waals surface area contributed by atoms with Gasteiger partial charge >= 0.3 is 0 Å². The molecule has 3 N–H and O–H groups in total. The number of rotatable bonds is 15. The van der Waals surface area contributed by atoms with Crippen molar-refractivity contribution < 1.29 is 33.8 Å². The first kappa shape index (κ1) is 44.1. The Balaban J connectivity index is 0.824. The van der Waals surface area contributed by atoms with E-state index < -0.39 is 35.4 Å². The molecule has 0 spiro atoms. The maximum atomic E-state index is 14.0. The van der Waals surface area contributed by atoms with Crippen LogP contribution in [-0.4, -0.2) is 97.8 Å². The van der Waals surface area contributed by atoms with E-state index in [0.29, 0.717) is 12.2 Å². The Morgan fingerprint density at radius 1 is 0.922 bits per heavy atom. The molecule has 6 aromatic rings. The summed E-state index contributed by atoms with van der Waals surface area (Å²) in [5.74, 6) is -0.532. The van der Waals surface area contributed by atoms with Gasteiger partial charge in [-0.3, -0.25) is 24.2 Å². The maximum absolute atomic E-state index is 14.0. The molecule has 2 aliphatic rings. The first-order valence-corrected chi connectivity index (χ1v) is 22.2. The molecule has 3 aromatic heterocycles. The zero-order valence-corrected chi connectivity index (χ0v) is 37.1. The van der Waals surface area contributed by atoms with E-state index >= 15 is 0 Å². The highest BCUT2D eigenvalue weighted by molar-refractivity contribution is 7.13. The van der Waals surface area contributed by atoms with Gasteiger partial charge in [0.05, 0.1) is 34.5 Å². The topological polar surface area (TPSA) is 178 Å². The number of fused-ring (bicyclic) bond motifs is 1. The van der Waals surface area contributed by atoms with Crippen LogP contribution in [0, 0.1) is 12.3 Å². The largest absolute Gasteiger partial charge is 0.491 e. The number of benzene rings is 3.